The molecule has 2 aromatic rings. The third kappa shape index (κ3) is 4.03. The Hall–Kier alpha value is -2.40. The second kappa shape index (κ2) is 6.85. The van der Waals surface area contributed by atoms with Crippen LogP contribution in [0, 0.1) is 0 Å². The first-order chi connectivity index (χ1) is 10.1. The van der Waals surface area contributed by atoms with Gasteiger partial charge in [-0.25, -0.2) is 0 Å². The molecule has 0 unspecified atom stereocenters. The molecule has 1 aromatic carbocycles. The fourth-order valence-electron chi connectivity index (χ4n) is 2.16. The van der Waals surface area contributed by atoms with Crippen LogP contribution in [0.25, 0.3) is 0 Å². The van der Waals surface area contributed by atoms with Gasteiger partial charge < -0.3 is 11.5 Å². The van der Waals surface area contributed by atoms with Crippen molar-refractivity contribution < 1.29 is 4.79 Å². The third-order valence-electron chi connectivity index (χ3n) is 3.43. The first-order valence-electron chi connectivity index (χ1n) is 6.89. The van der Waals surface area contributed by atoms with Gasteiger partial charge in [-0.2, -0.15) is 0 Å². The minimum Gasteiger partial charge on any atom is -0.398 e. The predicted molar refractivity (Wildman–Crippen MR) is 83.4 cm³/mol. The van der Waals surface area contributed by atoms with Gasteiger partial charge >= 0.3 is 0 Å². The summed E-state index contributed by atoms with van der Waals surface area (Å²) in [5.74, 6) is -0.461. The molecule has 0 spiro atoms. The largest absolute Gasteiger partial charge is 0.398 e. The maximum atomic E-state index is 11.1. The van der Waals surface area contributed by atoms with Crippen molar-refractivity contribution in [3.05, 3.63) is 59.4 Å². The molecule has 0 aliphatic heterocycles. The molecule has 2 rings (SSSR count). The summed E-state index contributed by atoms with van der Waals surface area (Å²) in [6.07, 6.45) is 3.58. The minimum absolute atomic E-state index is 0.438. The van der Waals surface area contributed by atoms with Crippen LogP contribution < -0.4 is 11.5 Å². The molecule has 110 valence electrons. The van der Waals surface area contributed by atoms with E-state index in [2.05, 4.69) is 16.8 Å². The number of rotatable bonds is 6. The molecule has 1 heterocycles. The number of nitrogen functional groups attached to an aromatic ring is 1. The summed E-state index contributed by atoms with van der Waals surface area (Å²) in [6, 6.07) is 9.22. The summed E-state index contributed by atoms with van der Waals surface area (Å²) in [6.45, 7) is 4.56. The Kier molecular flexibility index (Phi) is 4.90. The van der Waals surface area contributed by atoms with E-state index in [9.17, 15) is 4.79 Å². The SMILES string of the molecule is CCN(Cc1ccncc1)Cc1ccc(C(N)=O)cc1N. The number of aromatic nitrogens is 1. The van der Waals surface area contributed by atoms with Crippen molar-refractivity contribution in [3.63, 3.8) is 0 Å². The molecule has 0 bridgehead atoms. The normalized spacial score (nSPS) is 10.8. The van der Waals surface area contributed by atoms with E-state index in [1.54, 1.807) is 24.5 Å². The first kappa shape index (κ1) is 15.0. The highest BCUT2D eigenvalue weighted by molar-refractivity contribution is 5.93. The summed E-state index contributed by atoms with van der Waals surface area (Å²) < 4.78 is 0. The van der Waals surface area contributed by atoms with E-state index < -0.39 is 5.91 Å². The number of pyridine rings is 1. The Balaban J connectivity index is 2.10. The molecule has 5 heteroatoms. The van der Waals surface area contributed by atoms with Gasteiger partial charge in [-0.15, -0.1) is 0 Å². The van der Waals surface area contributed by atoms with Gasteiger partial charge in [-0.05, 0) is 41.9 Å². The quantitative estimate of drug-likeness (QED) is 0.792. The zero-order chi connectivity index (χ0) is 15.2. The Bertz CT molecular complexity index is 613. The molecular formula is C16H20N4O. The number of primary amides is 1. The summed E-state index contributed by atoms with van der Waals surface area (Å²) in [7, 11) is 0. The van der Waals surface area contributed by atoms with Gasteiger partial charge in [0, 0.05) is 36.7 Å². The van der Waals surface area contributed by atoms with Gasteiger partial charge in [-0.1, -0.05) is 13.0 Å². The number of hydrogen-bond donors (Lipinski definition) is 2. The van der Waals surface area contributed by atoms with Crippen molar-refractivity contribution in [1.29, 1.82) is 0 Å². The number of benzene rings is 1. The number of anilines is 1. The number of nitrogens with zero attached hydrogens (tertiary/aromatic N) is 2. The Morgan fingerprint density at radius 2 is 1.90 bits per heavy atom. The Labute approximate surface area is 124 Å². The van der Waals surface area contributed by atoms with Crippen molar-refractivity contribution in [2.24, 2.45) is 5.73 Å². The van der Waals surface area contributed by atoms with E-state index in [0.717, 1.165) is 25.2 Å². The van der Waals surface area contributed by atoms with Gasteiger partial charge in [-0.3, -0.25) is 14.7 Å². The van der Waals surface area contributed by atoms with Gasteiger partial charge in [0.25, 0.3) is 0 Å². The summed E-state index contributed by atoms with van der Waals surface area (Å²) in [5.41, 5.74) is 14.5. The van der Waals surface area contributed by atoms with Crippen LogP contribution >= 0.6 is 0 Å². The lowest BCUT2D eigenvalue weighted by atomic mass is 10.1. The molecule has 0 aliphatic rings. The smallest absolute Gasteiger partial charge is 0.248 e. The Morgan fingerprint density at radius 3 is 2.48 bits per heavy atom. The number of amides is 1. The molecule has 0 atom stereocenters. The lowest BCUT2D eigenvalue weighted by molar-refractivity contribution is 0.100. The Morgan fingerprint density at radius 1 is 1.19 bits per heavy atom. The molecule has 0 saturated heterocycles. The molecule has 0 aliphatic carbocycles. The van der Waals surface area contributed by atoms with Gasteiger partial charge in [0.1, 0.15) is 0 Å². The molecule has 5 nitrogen and oxygen atoms in total. The van der Waals surface area contributed by atoms with E-state index >= 15 is 0 Å². The average molecular weight is 284 g/mol. The van der Waals surface area contributed by atoms with Gasteiger partial charge in [0.15, 0.2) is 0 Å². The van der Waals surface area contributed by atoms with Crippen molar-refractivity contribution in [1.82, 2.24) is 9.88 Å². The fourth-order valence-corrected chi connectivity index (χ4v) is 2.16. The number of carbonyl (C=O) groups is 1. The molecule has 0 fully saturated rings. The van der Waals surface area contributed by atoms with E-state index in [4.69, 9.17) is 11.5 Å². The summed E-state index contributed by atoms with van der Waals surface area (Å²) in [5, 5.41) is 0. The van der Waals surface area contributed by atoms with E-state index in [0.29, 0.717) is 11.3 Å². The standard InChI is InChI=1S/C16H20N4O/c1-2-20(10-12-5-7-19-8-6-12)11-14-4-3-13(16(18)21)9-15(14)17/h3-9H,2,10-11,17H2,1H3,(H2,18,21). The average Bonchev–Trinajstić information content (AvgIpc) is 2.49. The highest BCUT2D eigenvalue weighted by atomic mass is 16.1. The summed E-state index contributed by atoms with van der Waals surface area (Å²) in [4.78, 5) is 17.4. The molecular weight excluding hydrogens is 264 g/mol. The second-order valence-corrected chi connectivity index (χ2v) is 4.94. The maximum absolute atomic E-state index is 11.1. The van der Waals surface area contributed by atoms with Gasteiger partial charge in [0.2, 0.25) is 5.91 Å². The number of nitrogens with two attached hydrogens (primary N) is 2. The highest BCUT2D eigenvalue weighted by Crippen LogP contribution is 2.17. The monoisotopic (exact) mass is 284 g/mol. The lowest BCUT2D eigenvalue weighted by Gasteiger charge is -2.21. The van der Waals surface area contributed by atoms with Crippen LogP contribution in [0.15, 0.2) is 42.7 Å². The van der Waals surface area contributed by atoms with Crippen molar-refractivity contribution >= 4 is 11.6 Å². The van der Waals surface area contributed by atoms with Crippen molar-refractivity contribution in [2.45, 2.75) is 20.0 Å². The third-order valence-corrected chi connectivity index (χ3v) is 3.43. The first-order valence-corrected chi connectivity index (χ1v) is 6.89. The predicted octanol–water partition coefficient (Wildman–Crippen LogP) is 1.78. The molecule has 4 N–H and O–H groups in total. The van der Waals surface area contributed by atoms with E-state index in [-0.39, 0.29) is 0 Å². The molecule has 1 aromatic heterocycles. The second-order valence-electron chi connectivity index (χ2n) is 4.94. The van der Waals surface area contributed by atoms with Gasteiger partial charge in [0.05, 0.1) is 0 Å². The topological polar surface area (TPSA) is 85.2 Å². The molecule has 0 radical (unpaired) electrons. The van der Waals surface area contributed by atoms with Crippen molar-refractivity contribution in [3.8, 4) is 0 Å². The van der Waals surface area contributed by atoms with Crippen LogP contribution in [-0.4, -0.2) is 22.3 Å². The van der Waals surface area contributed by atoms with Crippen LogP contribution in [0.1, 0.15) is 28.4 Å². The van der Waals surface area contributed by atoms with E-state index in [1.807, 2.05) is 18.2 Å². The number of carbonyl (C=O) groups excluding carboxylic acids is 1. The van der Waals surface area contributed by atoms with Crippen LogP contribution in [0.2, 0.25) is 0 Å². The van der Waals surface area contributed by atoms with Crippen LogP contribution in [-0.2, 0) is 13.1 Å². The zero-order valence-corrected chi connectivity index (χ0v) is 12.1. The fraction of sp³-hybridized carbons (Fsp3) is 0.250. The molecule has 1 amide bonds. The van der Waals surface area contributed by atoms with Crippen LogP contribution in [0.4, 0.5) is 5.69 Å². The van der Waals surface area contributed by atoms with Crippen molar-refractivity contribution in [2.75, 3.05) is 12.3 Å². The maximum Gasteiger partial charge on any atom is 0.248 e. The van der Waals surface area contributed by atoms with Crippen LogP contribution in [0.5, 0.6) is 0 Å². The number of hydrogen-bond acceptors (Lipinski definition) is 4. The molecule has 0 saturated carbocycles. The van der Waals surface area contributed by atoms with E-state index in [1.165, 1.54) is 5.56 Å². The zero-order valence-electron chi connectivity index (χ0n) is 12.1. The molecule has 21 heavy (non-hydrogen) atoms. The van der Waals surface area contributed by atoms with Crippen LogP contribution in [0.3, 0.4) is 0 Å². The summed E-state index contributed by atoms with van der Waals surface area (Å²) >= 11 is 0. The minimum atomic E-state index is -0.461. The lowest BCUT2D eigenvalue weighted by Crippen LogP contribution is -2.23. The highest BCUT2D eigenvalue weighted by Gasteiger charge is 2.09.